The van der Waals surface area contributed by atoms with Crippen LogP contribution in [0.15, 0.2) is 0 Å². The maximum atomic E-state index is 3.66. The van der Waals surface area contributed by atoms with Gasteiger partial charge >= 0.3 is 0 Å². The molecule has 1 unspecified atom stereocenters. The van der Waals surface area contributed by atoms with E-state index in [0.717, 1.165) is 18.5 Å². The number of likely N-dealkylation sites (tertiary alicyclic amines) is 1. The molecule has 2 rings (SSSR count). The van der Waals surface area contributed by atoms with E-state index in [4.69, 9.17) is 0 Å². The third-order valence-corrected chi connectivity index (χ3v) is 5.85. The summed E-state index contributed by atoms with van der Waals surface area (Å²) in [6.07, 6.45) is 8.44. The van der Waals surface area contributed by atoms with Gasteiger partial charge in [-0.05, 0) is 64.2 Å². The smallest absolute Gasteiger partial charge is 0.0217 e. The summed E-state index contributed by atoms with van der Waals surface area (Å²) in [5, 5.41) is 3.66. The highest BCUT2D eigenvalue weighted by atomic mass is 15.2. The molecule has 0 radical (unpaired) electrons. The highest BCUT2D eigenvalue weighted by Crippen LogP contribution is 2.39. The average Bonchev–Trinajstić information content (AvgIpc) is 2.48. The minimum atomic E-state index is 0.538. The molecule has 1 N–H and O–H groups in total. The number of hydrogen-bond donors (Lipinski definition) is 1. The van der Waals surface area contributed by atoms with Crippen LogP contribution in [0.2, 0.25) is 0 Å². The van der Waals surface area contributed by atoms with E-state index in [1.165, 1.54) is 64.7 Å². The Kier molecular flexibility index (Phi) is 6.51. The fourth-order valence-electron chi connectivity index (χ4n) is 4.23. The van der Waals surface area contributed by atoms with Crippen LogP contribution in [0.4, 0.5) is 0 Å². The molecule has 1 aliphatic heterocycles. The van der Waals surface area contributed by atoms with Gasteiger partial charge in [0.15, 0.2) is 0 Å². The molecule has 0 aromatic carbocycles. The Morgan fingerprint density at radius 1 is 1.19 bits per heavy atom. The zero-order valence-corrected chi connectivity index (χ0v) is 14.8. The molecule has 21 heavy (non-hydrogen) atoms. The Hall–Kier alpha value is -0.120. The van der Waals surface area contributed by atoms with Gasteiger partial charge in [-0.3, -0.25) is 0 Å². The molecule has 0 spiro atoms. The van der Waals surface area contributed by atoms with Crippen molar-refractivity contribution in [2.75, 3.05) is 46.8 Å². The van der Waals surface area contributed by atoms with Crippen LogP contribution in [0.25, 0.3) is 0 Å². The molecule has 3 nitrogen and oxygen atoms in total. The molecule has 1 heterocycles. The van der Waals surface area contributed by atoms with Crippen LogP contribution in [0.1, 0.15) is 52.4 Å². The van der Waals surface area contributed by atoms with Gasteiger partial charge in [-0.1, -0.05) is 26.7 Å². The van der Waals surface area contributed by atoms with E-state index in [0.29, 0.717) is 5.41 Å². The molecular weight excluding hydrogens is 258 g/mol. The van der Waals surface area contributed by atoms with Crippen molar-refractivity contribution in [1.82, 2.24) is 15.1 Å². The summed E-state index contributed by atoms with van der Waals surface area (Å²) in [6.45, 7) is 10.9. The predicted molar refractivity (Wildman–Crippen MR) is 91.8 cm³/mol. The van der Waals surface area contributed by atoms with Gasteiger partial charge in [0.2, 0.25) is 0 Å². The van der Waals surface area contributed by atoms with Crippen LogP contribution in [-0.4, -0.2) is 62.7 Å². The number of likely N-dealkylation sites (N-methyl/N-ethyl adjacent to an activating group) is 1. The third kappa shape index (κ3) is 4.94. The van der Waals surface area contributed by atoms with E-state index < -0.39 is 0 Å². The van der Waals surface area contributed by atoms with Crippen LogP contribution < -0.4 is 5.32 Å². The standard InChI is InChI=1S/C18H37N3/c1-5-19-14-18(10-8-16(2)9-11-18)15-21-12-6-7-17(13-21)20(3)4/h16-17,19H,5-15H2,1-4H3. The van der Waals surface area contributed by atoms with E-state index in [1.807, 2.05) is 0 Å². The molecule has 0 aromatic rings. The van der Waals surface area contributed by atoms with Gasteiger partial charge < -0.3 is 15.1 Å². The maximum Gasteiger partial charge on any atom is 0.0217 e. The zero-order valence-electron chi connectivity index (χ0n) is 14.8. The summed E-state index contributed by atoms with van der Waals surface area (Å²) in [4.78, 5) is 5.19. The zero-order chi connectivity index (χ0) is 15.3. The lowest BCUT2D eigenvalue weighted by atomic mass is 9.70. The van der Waals surface area contributed by atoms with Crippen LogP contribution in [0.5, 0.6) is 0 Å². The van der Waals surface area contributed by atoms with Crippen molar-refractivity contribution >= 4 is 0 Å². The van der Waals surface area contributed by atoms with Gasteiger partial charge in [0.1, 0.15) is 0 Å². The van der Waals surface area contributed by atoms with Crippen molar-refractivity contribution < 1.29 is 0 Å². The van der Waals surface area contributed by atoms with Crippen LogP contribution in [0, 0.1) is 11.3 Å². The SMILES string of the molecule is CCNCC1(CN2CCCC(N(C)C)C2)CCC(C)CC1. The van der Waals surface area contributed by atoms with Gasteiger partial charge in [-0.25, -0.2) is 0 Å². The van der Waals surface area contributed by atoms with E-state index >= 15 is 0 Å². The minimum Gasteiger partial charge on any atom is -0.316 e. The summed E-state index contributed by atoms with van der Waals surface area (Å²) in [5.41, 5.74) is 0.538. The number of nitrogens with zero attached hydrogens (tertiary/aromatic N) is 2. The van der Waals surface area contributed by atoms with Gasteiger partial charge in [0, 0.05) is 25.7 Å². The highest BCUT2D eigenvalue weighted by Gasteiger charge is 2.36. The third-order valence-electron chi connectivity index (χ3n) is 5.85. The largest absolute Gasteiger partial charge is 0.316 e. The molecule has 2 fully saturated rings. The van der Waals surface area contributed by atoms with Crippen molar-refractivity contribution in [3.63, 3.8) is 0 Å². The molecule has 1 saturated heterocycles. The highest BCUT2D eigenvalue weighted by molar-refractivity contribution is 4.91. The normalized spacial score (nSPS) is 35.3. The van der Waals surface area contributed by atoms with Crippen molar-refractivity contribution in [3.05, 3.63) is 0 Å². The predicted octanol–water partition coefficient (Wildman–Crippen LogP) is 2.82. The first-order chi connectivity index (χ1) is 10.0. The topological polar surface area (TPSA) is 18.5 Å². The monoisotopic (exact) mass is 295 g/mol. The molecule has 2 aliphatic rings. The maximum absolute atomic E-state index is 3.66. The Bertz CT molecular complexity index is 289. The van der Waals surface area contributed by atoms with Crippen LogP contribution >= 0.6 is 0 Å². The molecule has 0 bridgehead atoms. The number of hydrogen-bond acceptors (Lipinski definition) is 3. The summed E-state index contributed by atoms with van der Waals surface area (Å²) in [5.74, 6) is 0.940. The number of piperidine rings is 1. The molecule has 1 atom stereocenters. The first kappa shape index (κ1) is 17.2. The van der Waals surface area contributed by atoms with Crippen LogP contribution in [-0.2, 0) is 0 Å². The fourth-order valence-corrected chi connectivity index (χ4v) is 4.23. The van der Waals surface area contributed by atoms with Crippen molar-refractivity contribution in [2.24, 2.45) is 11.3 Å². The minimum absolute atomic E-state index is 0.538. The Morgan fingerprint density at radius 2 is 1.90 bits per heavy atom. The lowest BCUT2D eigenvalue weighted by molar-refractivity contribution is 0.0530. The second-order valence-corrected chi connectivity index (χ2v) is 7.96. The van der Waals surface area contributed by atoms with E-state index in [2.05, 4.69) is 43.1 Å². The van der Waals surface area contributed by atoms with Crippen LogP contribution in [0.3, 0.4) is 0 Å². The lowest BCUT2D eigenvalue weighted by Gasteiger charge is -2.45. The number of rotatable bonds is 6. The summed E-state index contributed by atoms with van der Waals surface area (Å²) >= 11 is 0. The first-order valence-electron chi connectivity index (χ1n) is 9.14. The average molecular weight is 296 g/mol. The summed E-state index contributed by atoms with van der Waals surface area (Å²) < 4.78 is 0. The van der Waals surface area contributed by atoms with Gasteiger partial charge in [0.05, 0.1) is 0 Å². The van der Waals surface area contributed by atoms with E-state index in [9.17, 15) is 0 Å². The molecule has 124 valence electrons. The molecular formula is C18H37N3. The lowest BCUT2D eigenvalue weighted by Crippen LogP contribution is -2.51. The Balaban J connectivity index is 1.94. The quantitative estimate of drug-likeness (QED) is 0.813. The first-order valence-corrected chi connectivity index (χ1v) is 9.14. The van der Waals surface area contributed by atoms with E-state index in [-0.39, 0.29) is 0 Å². The Morgan fingerprint density at radius 3 is 2.52 bits per heavy atom. The van der Waals surface area contributed by atoms with Gasteiger partial charge in [-0.2, -0.15) is 0 Å². The van der Waals surface area contributed by atoms with Gasteiger partial charge in [0.25, 0.3) is 0 Å². The number of nitrogens with one attached hydrogen (secondary N) is 1. The molecule has 1 aliphatic carbocycles. The molecule has 0 aromatic heterocycles. The molecule has 1 saturated carbocycles. The van der Waals surface area contributed by atoms with E-state index in [1.54, 1.807) is 0 Å². The second-order valence-electron chi connectivity index (χ2n) is 7.96. The second kappa shape index (κ2) is 7.94. The molecule has 0 amide bonds. The summed E-state index contributed by atoms with van der Waals surface area (Å²) in [6, 6.07) is 0.762. The summed E-state index contributed by atoms with van der Waals surface area (Å²) in [7, 11) is 4.48. The fraction of sp³-hybridized carbons (Fsp3) is 1.00. The van der Waals surface area contributed by atoms with Crippen molar-refractivity contribution in [3.8, 4) is 0 Å². The Labute approximate surface area is 132 Å². The van der Waals surface area contributed by atoms with Crippen molar-refractivity contribution in [1.29, 1.82) is 0 Å². The van der Waals surface area contributed by atoms with Crippen molar-refractivity contribution in [2.45, 2.75) is 58.4 Å². The molecule has 3 heteroatoms. The van der Waals surface area contributed by atoms with Gasteiger partial charge in [-0.15, -0.1) is 0 Å².